The molecule has 0 radical (unpaired) electrons. The van der Waals surface area contributed by atoms with Gasteiger partial charge in [0.2, 0.25) is 0 Å². The van der Waals surface area contributed by atoms with Crippen LogP contribution in [0.1, 0.15) is 28.8 Å². The van der Waals surface area contributed by atoms with Crippen molar-refractivity contribution in [2.45, 2.75) is 19.3 Å². The van der Waals surface area contributed by atoms with E-state index in [2.05, 4.69) is 4.74 Å². The van der Waals surface area contributed by atoms with Crippen LogP contribution in [0.5, 0.6) is 0 Å². The number of carbonyl (C=O) groups excluding carboxylic acids is 2. The molecule has 1 unspecified atom stereocenters. The fourth-order valence-corrected chi connectivity index (χ4v) is 3.31. The van der Waals surface area contributed by atoms with E-state index in [1.165, 1.54) is 18.9 Å². The van der Waals surface area contributed by atoms with Gasteiger partial charge in [-0.15, -0.1) is 0 Å². The lowest BCUT2D eigenvalue weighted by atomic mass is 9.95. The number of rotatable bonds is 3. The van der Waals surface area contributed by atoms with Crippen molar-refractivity contribution in [2.75, 3.05) is 12.9 Å². The Balaban J connectivity index is 2.18. The monoisotopic (exact) mass is 298 g/mol. The summed E-state index contributed by atoms with van der Waals surface area (Å²) in [6.45, 7) is 0. The van der Waals surface area contributed by atoms with Crippen LogP contribution in [0, 0.1) is 5.92 Å². The zero-order valence-electron chi connectivity index (χ0n) is 10.6. The molecule has 1 fully saturated rings. The van der Waals surface area contributed by atoms with Crippen molar-refractivity contribution < 1.29 is 14.3 Å². The molecule has 1 atom stereocenters. The molecule has 0 aliphatic carbocycles. The van der Waals surface area contributed by atoms with Gasteiger partial charge in [-0.05, 0) is 43.0 Å². The first-order valence-corrected chi connectivity index (χ1v) is 7.51. The van der Waals surface area contributed by atoms with Gasteiger partial charge in [-0.3, -0.25) is 4.79 Å². The summed E-state index contributed by atoms with van der Waals surface area (Å²) < 4.78 is 4.69. The Bertz CT molecular complexity index is 501. The van der Waals surface area contributed by atoms with E-state index in [-0.39, 0.29) is 17.0 Å². The standard InChI is InChI=1S/C14H15ClO3S/c1-18-13(16)9-4-5-12(15)11(7-9)8-10-3-2-6-19-14(10)17/h4-5,7,10H,2-3,6,8H2,1H3. The van der Waals surface area contributed by atoms with E-state index in [0.29, 0.717) is 17.0 Å². The second-order valence-electron chi connectivity index (χ2n) is 4.51. The van der Waals surface area contributed by atoms with Crippen LogP contribution in [0.25, 0.3) is 0 Å². The van der Waals surface area contributed by atoms with Crippen molar-refractivity contribution in [2.24, 2.45) is 5.92 Å². The van der Waals surface area contributed by atoms with Crippen LogP contribution >= 0.6 is 23.4 Å². The molecule has 1 aliphatic rings. The molecule has 0 aromatic heterocycles. The van der Waals surface area contributed by atoms with E-state index >= 15 is 0 Å². The van der Waals surface area contributed by atoms with E-state index in [9.17, 15) is 9.59 Å². The number of halogens is 1. The van der Waals surface area contributed by atoms with Crippen molar-refractivity contribution in [1.82, 2.24) is 0 Å². The van der Waals surface area contributed by atoms with Crippen LogP contribution in [-0.4, -0.2) is 23.9 Å². The van der Waals surface area contributed by atoms with Crippen LogP contribution in [0.4, 0.5) is 0 Å². The van der Waals surface area contributed by atoms with E-state index in [1.54, 1.807) is 18.2 Å². The average molecular weight is 299 g/mol. The molecule has 102 valence electrons. The summed E-state index contributed by atoms with van der Waals surface area (Å²) in [5, 5.41) is 0.821. The Hall–Kier alpha value is -1.00. The van der Waals surface area contributed by atoms with Gasteiger partial charge in [0.05, 0.1) is 12.7 Å². The van der Waals surface area contributed by atoms with Crippen molar-refractivity contribution in [3.05, 3.63) is 34.3 Å². The van der Waals surface area contributed by atoms with E-state index in [4.69, 9.17) is 11.6 Å². The minimum Gasteiger partial charge on any atom is -0.465 e. The number of esters is 1. The largest absolute Gasteiger partial charge is 0.465 e. The van der Waals surface area contributed by atoms with Crippen LogP contribution in [-0.2, 0) is 16.0 Å². The molecule has 0 spiro atoms. The minimum absolute atomic E-state index is 0.00384. The van der Waals surface area contributed by atoms with Crippen molar-refractivity contribution in [1.29, 1.82) is 0 Å². The molecule has 0 N–H and O–H groups in total. The number of thioether (sulfide) groups is 1. The first-order chi connectivity index (χ1) is 9.11. The molecule has 1 saturated heterocycles. The molecule has 3 nitrogen and oxygen atoms in total. The fraction of sp³-hybridized carbons (Fsp3) is 0.429. The predicted octanol–water partition coefficient (Wildman–Crippen LogP) is 3.34. The topological polar surface area (TPSA) is 43.4 Å². The lowest BCUT2D eigenvalue weighted by molar-refractivity contribution is -0.114. The number of hydrogen-bond donors (Lipinski definition) is 0. The maximum Gasteiger partial charge on any atom is 0.337 e. The fourth-order valence-electron chi connectivity index (χ4n) is 2.17. The van der Waals surface area contributed by atoms with Crippen molar-refractivity contribution in [3.63, 3.8) is 0 Å². The number of methoxy groups -OCH3 is 1. The molecular formula is C14H15ClO3S. The summed E-state index contributed by atoms with van der Waals surface area (Å²) >= 11 is 7.53. The van der Waals surface area contributed by atoms with Crippen LogP contribution < -0.4 is 0 Å². The van der Waals surface area contributed by atoms with Gasteiger partial charge < -0.3 is 4.74 Å². The number of benzene rings is 1. The molecular weight excluding hydrogens is 284 g/mol. The molecule has 1 aromatic rings. The van der Waals surface area contributed by atoms with Gasteiger partial charge in [-0.2, -0.15) is 0 Å². The van der Waals surface area contributed by atoms with Crippen molar-refractivity contribution >= 4 is 34.4 Å². The smallest absolute Gasteiger partial charge is 0.337 e. The Morgan fingerprint density at radius 2 is 2.32 bits per heavy atom. The highest BCUT2D eigenvalue weighted by Gasteiger charge is 2.24. The van der Waals surface area contributed by atoms with Gasteiger partial charge >= 0.3 is 5.97 Å². The van der Waals surface area contributed by atoms with Gasteiger partial charge in [-0.1, -0.05) is 23.4 Å². The van der Waals surface area contributed by atoms with Gasteiger partial charge in [0.1, 0.15) is 0 Å². The van der Waals surface area contributed by atoms with E-state index < -0.39 is 0 Å². The zero-order chi connectivity index (χ0) is 13.8. The second-order valence-corrected chi connectivity index (χ2v) is 6.02. The molecule has 5 heteroatoms. The second kappa shape index (κ2) is 6.44. The lowest BCUT2D eigenvalue weighted by Crippen LogP contribution is -2.19. The van der Waals surface area contributed by atoms with Crippen LogP contribution in [0.3, 0.4) is 0 Å². The Kier molecular flexibility index (Phi) is 4.88. The number of hydrogen-bond acceptors (Lipinski definition) is 4. The number of ether oxygens (including phenoxy) is 1. The van der Waals surface area contributed by atoms with Crippen LogP contribution in [0.2, 0.25) is 5.02 Å². The maximum absolute atomic E-state index is 11.8. The maximum atomic E-state index is 11.8. The third-order valence-corrected chi connectivity index (χ3v) is 4.69. The Morgan fingerprint density at radius 1 is 1.53 bits per heavy atom. The third-order valence-electron chi connectivity index (χ3n) is 3.21. The summed E-state index contributed by atoms with van der Waals surface area (Å²) in [4.78, 5) is 23.3. The minimum atomic E-state index is -0.387. The van der Waals surface area contributed by atoms with Crippen LogP contribution in [0.15, 0.2) is 18.2 Å². The predicted molar refractivity (Wildman–Crippen MR) is 76.7 cm³/mol. The lowest BCUT2D eigenvalue weighted by Gasteiger charge is -2.20. The highest BCUT2D eigenvalue weighted by atomic mass is 35.5. The van der Waals surface area contributed by atoms with Gasteiger partial charge in [0.15, 0.2) is 5.12 Å². The molecule has 1 aromatic carbocycles. The molecule has 19 heavy (non-hydrogen) atoms. The normalized spacial score (nSPS) is 19.3. The van der Waals surface area contributed by atoms with Gasteiger partial charge in [0.25, 0.3) is 0 Å². The average Bonchev–Trinajstić information content (AvgIpc) is 2.42. The highest BCUT2D eigenvalue weighted by molar-refractivity contribution is 8.13. The SMILES string of the molecule is COC(=O)c1ccc(Cl)c(CC2CCCSC2=O)c1. The molecule has 2 rings (SSSR count). The molecule has 1 aliphatic heterocycles. The highest BCUT2D eigenvalue weighted by Crippen LogP contribution is 2.30. The first kappa shape index (κ1) is 14.4. The quantitative estimate of drug-likeness (QED) is 0.803. The van der Waals surface area contributed by atoms with E-state index in [0.717, 1.165) is 24.2 Å². The Morgan fingerprint density at radius 3 is 3.00 bits per heavy atom. The number of carbonyl (C=O) groups is 2. The summed E-state index contributed by atoms with van der Waals surface area (Å²) in [5.41, 5.74) is 1.31. The summed E-state index contributed by atoms with van der Waals surface area (Å²) in [5.74, 6) is 0.525. The molecule has 0 saturated carbocycles. The summed E-state index contributed by atoms with van der Waals surface area (Å²) in [6, 6.07) is 5.04. The van der Waals surface area contributed by atoms with E-state index in [1.807, 2.05) is 0 Å². The summed E-state index contributed by atoms with van der Waals surface area (Å²) in [6.07, 6.45) is 2.54. The summed E-state index contributed by atoms with van der Waals surface area (Å²) in [7, 11) is 1.35. The molecule has 0 bridgehead atoms. The first-order valence-electron chi connectivity index (χ1n) is 6.15. The molecule has 0 amide bonds. The van der Waals surface area contributed by atoms with Gasteiger partial charge in [-0.25, -0.2) is 4.79 Å². The Labute approximate surface area is 121 Å². The van der Waals surface area contributed by atoms with Crippen molar-refractivity contribution in [3.8, 4) is 0 Å². The third kappa shape index (κ3) is 3.51. The van der Waals surface area contributed by atoms with Gasteiger partial charge in [0, 0.05) is 16.7 Å². The molecule has 1 heterocycles. The zero-order valence-corrected chi connectivity index (χ0v) is 12.2.